The van der Waals surface area contributed by atoms with Crippen LogP contribution >= 0.6 is 0 Å². The molecule has 0 saturated heterocycles. The predicted molar refractivity (Wildman–Crippen MR) is 198 cm³/mol. The Morgan fingerprint density at radius 1 is 0.580 bits per heavy atom. The molecule has 50 heavy (non-hydrogen) atoms. The summed E-state index contributed by atoms with van der Waals surface area (Å²) in [5.74, 6) is 0.485. The number of phenolic OH excluding ortho intramolecular Hbond substituents is 1. The number of nitrogens with zero attached hydrogens (tertiary/aromatic N) is 2. The summed E-state index contributed by atoms with van der Waals surface area (Å²) in [6, 6.07) is 54.9. The maximum absolute atomic E-state index is 10.5. The zero-order valence-corrected chi connectivity index (χ0v) is 29.8. The minimum atomic E-state index is -0.193. The Labute approximate surface area is 306 Å². The van der Waals surface area contributed by atoms with Gasteiger partial charge in [0.1, 0.15) is 11.3 Å². The Morgan fingerprint density at radius 2 is 1.22 bits per heavy atom. The largest absolute Gasteiger partial charge is 0.507 e. The molecule has 0 bridgehead atoms. The van der Waals surface area contributed by atoms with E-state index in [-0.39, 0.29) is 32.2 Å². The number of hydrogen-bond acceptors (Lipinski definition) is 4. The molecule has 4 nitrogen and oxygen atoms in total. The van der Waals surface area contributed by atoms with Gasteiger partial charge in [-0.1, -0.05) is 146 Å². The number of hydrogen-bond donors (Lipinski definition) is 1. The average molecular weight is 829 g/mol. The van der Waals surface area contributed by atoms with Crippen LogP contribution in [0.5, 0.6) is 5.75 Å². The van der Waals surface area contributed by atoms with E-state index in [0.717, 1.165) is 44.6 Å². The van der Waals surface area contributed by atoms with E-state index >= 15 is 0 Å². The molecule has 0 radical (unpaired) electrons. The molecule has 8 aromatic rings. The van der Waals surface area contributed by atoms with Crippen LogP contribution in [0, 0.1) is 6.07 Å². The number of aromatic nitrogens is 2. The van der Waals surface area contributed by atoms with Crippen LogP contribution in [0.15, 0.2) is 162 Å². The second-order valence-corrected chi connectivity index (χ2v) is 12.8. The molecule has 6 aromatic carbocycles. The summed E-state index contributed by atoms with van der Waals surface area (Å²) >= 11 is 0. The van der Waals surface area contributed by atoms with Crippen LogP contribution < -0.4 is 0 Å². The van der Waals surface area contributed by atoms with E-state index in [1.54, 1.807) is 18.2 Å². The molecule has 246 valence electrons. The first kappa shape index (κ1) is 33.0. The van der Waals surface area contributed by atoms with Crippen molar-refractivity contribution in [2.75, 3.05) is 0 Å². The van der Waals surface area contributed by atoms with Gasteiger partial charge in [0.25, 0.3) is 0 Å². The van der Waals surface area contributed by atoms with Crippen LogP contribution in [0.25, 0.3) is 67.2 Å². The number of phenols is 1. The van der Waals surface area contributed by atoms with Crippen molar-refractivity contribution in [1.82, 2.24) is 9.97 Å². The third kappa shape index (κ3) is 6.31. The topological polar surface area (TPSA) is 59.2 Å². The van der Waals surface area contributed by atoms with Crippen LogP contribution in [0.2, 0.25) is 0 Å². The molecular weight excluding hydrogens is 796 g/mol. The van der Waals surface area contributed by atoms with E-state index in [0.29, 0.717) is 22.6 Å². The van der Waals surface area contributed by atoms with Gasteiger partial charge >= 0.3 is 0 Å². The summed E-state index contributed by atoms with van der Waals surface area (Å²) < 4.78 is 6.19. The maximum Gasteiger partial charge on any atom is 0.230 e. The summed E-state index contributed by atoms with van der Waals surface area (Å²) in [4.78, 5) is 9.72. The molecule has 0 spiro atoms. The zero-order valence-electron chi connectivity index (χ0n) is 27.6. The molecule has 5 heteroatoms. The monoisotopic (exact) mass is 828 g/mol. The minimum absolute atomic E-state index is 0. The molecule has 0 atom stereocenters. The molecule has 0 saturated carbocycles. The summed E-state index contributed by atoms with van der Waals surface area (Å²) in [6.45, 7) is 4.53. The minimum Gasteiger partial charge on any atom is -0.507 e. The SMILES string of the molecule is CC(C)(c1ccccc1)c1cccc(-c2cc(-c3cc(-c4ccccc4)ccn3)[c-]c(-c3cccc4oc(-c5ccccc5O)nc34)c2)c1.[Pt]. The van der Waals surface area contributed by atoms with Crippen LogP contribution in [0.3, 0.4) is 0 Å². The molecule has 0 amide bonds. The smallest absolute Gasteiger partial charge is 0.230 e. The maximum atomic E-state index is 10.5. The fraction of sp³-hybridized carbons (Fsp3) is 0.0667. The first-order chi connectivity index (χ1) is 23.9. The molecule has 2 aromatic heterocycles. The summed E-state index contributed by atoms with van der Waals surface area (Å²) in [5.41, 5.74) is 12.0. The van der Waals surface area contributed by atoms with Crippen molar-refractivity contribution in [3.63, 3.8) is 0 Å². The molecule has 2 heterocycles. The molecular formula is C45H33N2O2Pt-. The van der Waals surface area contributed by atoms with Gasteiger partial charge in [0.05, 0.1) is 11.1 Å². The van der Waals surface area contributed by atoms with E-state index in [1.165, 1.54) is 11.1 Å². The molecule has 0 aliphatic rings. The van der Waals surface area contributed by atoms with Gasteiger partial charge in [0.2, 0.25) is 5.89 Å². The van der Waals surface area contributed by atoms with Gasteiger partial charge in [-0.25, -0.2) is 4.98 Å². The van der Waals surface area contributed by atoms with E-state index in [2.05, 4.69) is 105 Å². The van der Waals surface area contributed by atoms with Crippen LogP contribution in [-0.2, 0) is 26.5 Å². The Hall–Kier alpha value is -5.57. The van der Waals surface area contributed by atoms with Gasteiger partial charge in [-0.15, -0.1) is 23.8 Å². The van der Waals surface area contributed by atoms with Crippen molar-refractivity contribution in [3.8, 4) is 61.8 Å². The van der Waals surface area contributed by atoms with Crippen molar-refractivity contribution in [2.45, 2.75) is 19.3 Å². The number of benzene rings is 6. The van der Waals surface area contributed by atoms with Crippen molar-refractivity contribution >= 4 is 11.1 Å². The molecule has 1 N–H and O–H groups in total. The van der Waals surface area contributed by atoms with Crippen LogP contribution in [0.4, 0.5) is 0 Å². The zero-order chi connectivity index (χ0) is 33.4. The molecule has 0 aliphatic carbocycles. The fourth-order valence-corrected chi connectivity index (χ4v) is 6.45. The molecule has 0 fully saturated rings. The number of fused-ring (bicyclic) bond motifs is 1. The molecule has 0 aliphatic heterocycles. The van der Waals surface area contributed by atoms with Crippen molar-refractivity contribution < 1.29 is 30.6 Å². The van der Waals surface area contributed by atoms with Gasteiger partial charge in [-0.05, 0) is 52.1 Å². The Morgan fingerprint density at radius 3 is 2.02 bits per heavy atom. The summed E-state index contributed by atoms with van der Waals surface area (Å²) in [6.07, 6.45) is 1.86. The van der Waals surface area contributed by atoms with E-state index in [9.17, 15) is 5.11 Å². The standard InChI is InChI=1S/C45H33N2O2.Pt/c1-45(2,36-16-7-4-8-17-36)37-18-11-15-31(28-37)33-25-34(27-35(26-33)40-29-32(23-24-46-40)30-13-5-3-6-14-30)38-20-12-22-42-43(38)47-44(49-42)39-19-9-10-21-41(39)48;/h3-26,28-29,48H,1-2H3;/q-1;. The van der Waals surface area contributed by atoms with Crippen molar-refractivity contribution in [2.24, 2.45) is 0 Å². The third-order valence-electron chi connectivity index (χ3n) is 9.27. The average Bonchev–Trinajstić information content (AvgIpc) is 3.60. The third-order valence-corrected chi connectivity index (χ3v) is 9.27. The predicted octanol–water partition coefficient (Wildman–Crippen LogP) is 11.4. The van der Waals surface area contributed by atoms with Gasteiger partial charge in [0, 0.05) is 38.4 Å². The van der Waals surface area contributed by atoms with Crippen molar-refractivity contribution in [1.29, 1.82) is 0 Å². The first-order valence-electron chi connectivity index (χ1n) is 16.4. The van der Waals surface area contributed by atoms with E-state index < -0.39 is 0 Å². The van der Waals surface area contributed by atoms with E-state index in [4.69, 9.17) is 14.4 Å². The quantitative estimate of drug-likeness (QED) is 0.163. The van der Waals surface area contributed by atoms with Gasteiger partial charge in [0.15, 0.2) is 0 Å². The number of rotatable bonds is 7. The summed E-state index contributed by atoms with van der Waals surface area (Å²) in [7, 11) is 0. The number of para-hydroxylation sites is 2. The van der Waals surface area contributed by atoms with Gasteiger partial charge < -0.3 is 9.52 Å². The molecule has 8 rings (SSSR count). The number of aromatic hydroxyl groups is 1. The molecule has 0 unspecified atom stereocenters. The number of oxazole rings is 1. The second kappa shape index (κ2) is 13.7. The van der Waals surface area contributed by atoms with Gasteiger partial charge in [-0.2, -0.15) is 0 Å². The normalized spacial score (nSPS) is 11.3. The fourth-order valence-electron chi connectivity index (χ4n) is 6.45. The van der Waals surface area contributed by atoms with Crippen molar-refractivity contribution in [3.05, 3.63) is 175 Å². The van der Waals surface area contributed by atoms with Crippen LogP contribution in [-0.4, -0.2) is 15.1 Å². The number of pyridine rings is 1. The van der Waals surface area contributed by atoms with Crippen LogP contribution in [0.1, 0.15) is 25.0 Å². The van der Waals surface area contributed by atoms with Gasteiger partial charge in [-0.3, -0.25) is 4.98 Å². The van der Waals surface area contributed by atoms with E-state index in [1.807, 2.05) is 54.7 Å². The second-order valence-electron chi connectivity index (χ2n) is 12.8. The first-order valence-corrected chi connectivity index (χ1v) is 16.4. The Bertz CT molecular complexity index is 2430. The summed E-state index contributed by atoms with van der Waals surface area (Å²) in [5, 5.41) is 10.5. The Balaban J connectivity index is 0.00000392. The Kier molecular flexibility index (Phi) is 9.06.